The SMILES string of the molecule is CC(C)n1cc2c(n1)CC(NCc1cncc(-c3cccnc3)c1)CC2. The van der Waals surface area contributed by atoms with E-state index >= 15 is 0 Å². The number of nitrogens with one attached hydrogen (secondary N) is 1. The highest BCUT2D eigenvalue weighted by Gasteiger charge is 2.21. The summed E-state index contributed by atoms with van der Waals surface area (Å²) in [6.45, 7) is 5.18. The van der Waals surface area contributed by atoms with Gasteiger partial charge in [0, 0.05) is 67.2 Å². The van der Waals surface area contributed by atoms with Gasteiger partial charge in [-0.1, -0.05) is 6.07 Å². The van der Waals surface area contributed by atoms with Crippen LogP contribution in [0.1, 0.15) is 43.1 Å². The summed E-state index contributed by atoms with van der Waals surface area (Å²) in [5, 5.41) is 8.46. The first-order valence-corrected chi connectivity index (χ1v) is 9.33. The normalized spacial score (nSPS) is 16.7. The Morgan fingerprint density at radius 3 is 2.88 bits per heavy atom. The summed E-state index contributed by atoms with van der Waals surface area (Å²) in [6.07, 6.45) is 13.0. The molecular formula is C21H25N5. The molecule has 26 heavy (non-hydrogen) atoms. The lowest BCUT2D eigenvalue weighted by Gasteiger charge is -2.22. The van der Waals surface area contributed by atoms with Crippen molar-refractivity contribution in [2.75, 3.05) is 0 Å². The van der Waals surface area contributed by atoms with Gasteiger partial charge >= 0.3 is 0 Å². The van der Waals surface area contributed by atoms with Gasteiger partial charge in [-0.3, -0.25) is 14.6 Å². The Kier molecular flexibility index (Phi) is 4.80. The van der Waals surface area contributed by atoms with Crippen molar-refractivity contribution in [3.8, 4) is 11.1 Å². The maximum Gasteiger partial charge on any atom is 0.0672 e. The van der Waals surface area contributed by atoms with Gasteiger partial charge < -0.3 is 5.32 Å². The molecule has 5 nitrogen and oxygen atoms in total. The number of pyridine rings is 2. The van der Waals surface area contributed by atoms with Gasteiger partial charge in [0.1, 0.15) is 0 Å². The van der Waals surface area contributed by atoms with E-state index in [9.17, 15) is 0 Å². The number of rotatable bonds is 5. The lowest BCUT2D eigenvalue weighted by Crippen LogP contribution is -2.34. The second kappa shape index (κ2) is 7.38. The summed E-state index contributed by atoms with van der Waals surface area (Å²) in [5.41, 5.74) is 6.08. The summed E-state index contributed by atoms with van der Waals surface area (Å²) >= 11 is 0. The highest BCUT2D eigenvalue weighted by atomic mass is 15.3. The molecule has 0 saturated heterocycles. The molecule has 5 heteroatoms. The van der Waals surface area contributed by atoms with Gasteiger partial charge in [0.2, 0.25) is 0 Å². The Balaban J connectivity index is 1.40. The lowest BCUT2D eigenvalue weighted by atomic mass is 9.93. The van der Waals surface area contributed by atoms with Gasteiger partial charge in [-0.05, 0) is 49.9 Å². The van der Waals surface area contributed by atoms with Crippen LogP contribution in [0.15, 0.2) is 49.2 Å². The van der Waals surface area contributed by atoms with E-state index in [2.05, 4.69) is 52.1 Å². The molecule has 0 spiro atoms. The molecule has 3 aromatic rings. The molecule has 3 aromatic heterocycles. The van der Waals surface area contributed by atoms with Crippen LogP contribution < -0.4 is 5.32 Å². The predicted molar refractivity (Wildman–Crippen MR) is 103 cm³/mol. The highest BCUT2D eigenvalue weighted by Crippen LogP contribution is 2.22. The Labute approximate surface area is 154 Å². The molecule has 0 radical (unpaired) electrons. The molecule has 3 heterocycles. The number of aromatic nitrogens is 4. The molecule has 1 aliphatic carbocycles. The minimum atomic E-state index is 0.424. The van der Waals surface area contributed by atoms with E-state index in [1.807, 2.05) is 24.7 Å². The fourth-order valence-corrected chi connectivity index (χ4v) is 3.49. The molecule has 134 valence electrons. The van der Waals surface area contributed by atoms with Crippen LogP contribution in [0.2, 0.25) is 0 Å². The minimum Gasteiger partial charge on any atom is -0.309 e. The van der Waals surface area contributed by atoms with Crippen LogP contribution in [0.3, 0.4) is 0 Å². The molecule has 1 unspecified atom stereocenters. The van der Waals surface area contributed by atoms with Crippen LogP contribution in [0, 0.1) is 0 Å². The highest BCUT2D eigenvalue weighted by molar-refractivity contribution is 5.61. The molecule has 0 fully saturated rings. The third-order valence-corrected chi connectivity index (χ3v) is 5.01. The topological polar surface area (TPSA) is 55.6 Å². The van der Waals surface area contributed by atoms with Crippen molar-refractivity contribution >= 4 is 0 Å². The van der Waals surface area contributed by atoms with E-state index in [1.54, 1.807) is 6.20 Å². The van der Waals surface area contributed by atoms with Crippen LogP contribution in [-0.4, -0.2) is 25.8 Å². The zero-order valence-corrected chi connectivity index (χ0v) is 15.4. The van der Waals surface area contributed by atoms with Gasteiger partial charge in [-0.25, -0.2) is 0 Å². The number of hydrogen-bond donors (Lipinski definition) is 1. The summed E-state index contributed by atoms with van der Waals surface area (Å²) < 4.78 is 2.09. The quantitative estimate of drug-likeness (QED) is 0.767. The predicted octanol–water partition coefficient (Wildman–Crippen LogP) is 3.57. The molecule has 0 saturated carbocycles. The van der Waals surface area contributed by atoms with E-state index in [0.29, 0.717) is 12.1 Å². The molecular weight excluding hydrogens is 322 g/mol. The van der Waals surface area contributed by atoms with Crippen LogP contribution in [0.4, 0.5) is 0 Å². The lowest BCUT2D eigenvalue weighted by molar-refractivity contribution is 0.449. The smallest absolute Gasteiger partial charge is 0.0672 e. The van der Waals surface area contributed by atoms with Crippen LogP contribution in [0.25, 0.3) is 11.1 Å². The average molecular weight is 347 g/mol. The van der Waals surface area contributed by atoms with Crippen molar-refractivity contribution in [3.05, 3.63) is 66.0 Å². The standard InChI is InChI=1S/C21H25N5/c1-15(2)26-14-18-5-6-20(9-21(18)25-26)24-11-16-8-19(13-23-10-16)17-4-3-7-22-12-17/h3-4,7-8,10,12-15,20,24H,5-6,9,11H2,1-2H3. The molecule has 0 bridgehead atoms. The third kappa shape index (κ3) is 3.68. The van der Waals surface area contributed by atoms with Gasteiger partial charge in [0.25, 0.3) is 0 Å². The maximum absolute atomic E-state index is 4.77. The Hall–Kier alpha value is -2.53. The first-order chi connectivity index (χ1) is 12.7. The molecule has 0 aliphatic heterocycles. The molecule has 1 N–H and O–H groups in total. The zero-order valence-electron chi connectivity index (χ0n) is 15.4. The maximum atomic E-state index is 4.77. The third-order valence-electron chi connectivity index (χ3n) is 5.01. The fraction of sp³-hybridized carbons (Fsp3) is 0.381. The Morgan fingerprint density at radius 1 is 1.19 bits per heavy atom. The minimum absolute atomic E-state index is 0.424. The number of aryl methyl sites for hydroxylation is 1. The largest absolute Gasteiger partial charge is 0.309 e. The first-order valence-electron chi connectivity index (χ1n) is 9.33. The van der Waals surface area contributed by atoms with E-state index in [-0.39, 0.29) is 0 Å². The van der Waals surface area contributed by atoms with Crippen LogP contribution in [-0.2, 0) is 19.4 Å². The van der Waals surface area contributed by atoms with Crippen molar-refractivity contribution < 1.29 is 0 Å². The van der Waals surface area contributed by atoms with Crippen LogP contribution >= 0.6 is 0 Å². The van der Waals surface area contributed by atoms with E-state index in [0.717, 1.165) is 36.9 Å². The number of fused-ring (bicyclic) bond motifs is 1. The van der Waals surface area contributed by atoms with Crippen molar-refractivity contribution in [3.63, 3.8) is 0 Å². The number of nitrogens with zero attached hydrogens (tertiary/aromatic N) is 4. The monoisotopic (exact) mass is 347 g/mol. The van der Waals surface area contributed by atoms with Crippen molar-refractivity contribution in [1.29, 1.82) is 0 Å². The number of hydrogen-bond acceptors (Lipinski definition) is 4. The first kappa shape index (κ1) is 16.9. The summed E-state index contributed by atoms with van der Waals surface area (Å²) in [4.78, 5) is 8.59. The summed E-state index contributed by atoms with van der Waals surface area (Å²) in [7, 11) is 0. The van der Waals surface area contributed by atoms with Crippen molar-refractivity contribution in [1.82, 2.24) is 25.1 Å². The van der Waals surface area contributed by atoms with E-state index in [1.165, 1.54) is 16.8 Å². The van der Waals surface area contributed by atoms with E-state index in [4.69, 9.17) is 5.10 Å². The molecule has 1 atom stereocenters. The van der Waals surface area contributed by atoms with Crippen molar-refractivity contribution in [2.24, 2.45) is 0 Å². The molecule has 0 amide bonds. The Morgan fingerprint density at radius 2 is 2.08 bits per heavy atom. The summed E-state index contributed by atoms with van der Waals surface area (Å²) in [5.74, 6) is 0. The Bertz CT molecular complexity index is 869. The zero-order chi connectivity index (χ0) is 17.9. The van der Waals surface area contributed by atoms with Crippen molar-refractivity contribution in [2.45, 2.75) is 51.7 Å². The van der Waals surface area contributed by atoms with Gasteiger partial charge in [-0.15, -0.1) is 0 Å². The molecule has 4 rings (SSSR count). The van der Waals surface area contributed by atoms with Gasteiger partial charge in [0.05, 0.1) is 5.69 Å². The molecule has 1 aliphatic rings. The van der Waals surface area contributed by atoms with Gasteiger partial charge in [0.15, 0.2) is 0 Å². The average Bonchev–Trinajstić information content (AvgIpc) is 3.11. The fourth-order valence-electron chi connectivity index (χ4n) is 3.49. The second-order valence-electron chi connectivity index (χ2n) is 7.32. The van der Waals surface area contributed by atoms with Gasteiger partial charge in [-0.2, -0.15) is 5.10 Å². The summed E-state index contributed by atoms with van der Waals surface area (Å²) in [6, 6.07) is 7.11. The van der Waals surface area contributed by atoms with E-state index < -0.39 is 0 Å². The second-order valence-corrected chi connectivity index (χ2v) is 7.32. The molecule has 0 aromatic carbocycles. The van der Waals surface area contributed by atoms with Crippen LogP contribution in [0.5, 0.6) is 0 Å².